The third kappa shape index (κ3) is 43.5. The van der Waals surface area contributed by atoms with E-state index in [1.165, 1.54) is 173 Å². The Morgan fingerprint density at radius 2 is 0.589 bits per heavy atom. The summed E-state index contributed by atoms with van der Waals surface area (Å²) in [4.78, 5) is 37.8. The molecule has 0 aliphatic rings. The predicted molar refractivity (Wildman–Crippen MR) is 238 cm³/mol. The van der Waals surface area contributed by atoms with Gasteiger partial charge in [-0.2, -0.15) is 0 Å². The fourth-order valence-corrected chi connectivity index (χ4v) is 7.51. The largest absolute Gasteiger partial charge is 0.462 e. The van der Waals surface area contributed by atoms with Gasteiger partial charge in [-0.3, -0.25) is 14.4 Å². The number of hydrogen-bond donors (Lipinski definition) is 0. The van der Waals surface area contributed by atoms with Crippen molar-refractivity contribution in [1.29, 1.82) is 0 Å². The van der Waals surface area contributed by atoms with E-state index < -0.39 is 6.10 Å². The van der Waals surface area contributed by atoms with Crippen molar-refractivity contribution < 1.29 is 28.6 Å². The van der Waals surface area contributed by atoms with Gasteiger partial charge in [-0.1, -0.05) is 240 Å². The average molecular weight is 793 g/mol. The molecule has 0 bridgehead atoms. The van der Waals surface area contributed by atoms with Crippen LogP contribution < -0.4 is 0 Å². The van der Waals surface area contributed by atoms with E-state index in [2.05, 4.69) is 27.7 Å². The molecule has 0 aliphatic carbocycles. The molecule has 0 radical (unpaired) electrons. The molecule has 0 aromatic heterocycles. The lowest BCUT2D eigenvalue weighted by Crippen LogP contribution is -2.30. The van der Waals surface area contributed by atoms with Crippen LogP contribution in [0.5, 0.6) is 0 Å². The highest BCUT2D eigenvalue weighted by atomic mass is 16.6. The maximum atomic E-state index is 12.8. The Kier molecular flexibility index (Phi) is 43.2. The molecule has 0 aromatic carbocycles. The van der Waals surface area contributed by atoms with Crippen LogP contribution in [-0.4, -0.2) is 37.2 Å². The van der Waals surface area contributed by atoms with E-state index in [0.29, 0.717) is 19.3 Å². The van der Waals surface area contributed by atoms with Gasteiger partial charge >= 0.3 is 17.9 Å². The van der Waals surface area contributed by atoms with Crippen molar-refractivity contribution in [3.63, 3.8) is 0 Å². The minimum atomic E-state index is -0.759. The highest BCUT2D eigenvalue weighted by Gasteiger charge is 2.19. The molecule has 0 saturated heterocycles. The fraction of sp³-hybridized carbons (Fsp3) is 0.940. The molecular formula is C50H96O6. The molecule has 56 heavy (non-hydrogen) atoms. The van der Waals surface area contributed by atoms with Crippen LogP contribution in [0.15, 0.2) is 0 Å². The Morgan fingerprint density at radius 3 is 0.875 bits per heavy atom. The quantitative estimate of drug-likeness (QED) is 0.0347. The van der Waals surface area contributed by atoms with Gasteiger partial charge in [-0.15, -0.1) is 0 Å². The zero-order valence-electron chi connectivity index (χ0n) is 38.1. The summed E-state index contributed by atoms with van der Waals surface area (Å²) in [7, 11) is 0. The molecule has 0 N–H and O–H groups in total. The van der Waals surface area contributed by atoms with Crippen LogP contribution in [0.25, 0.3) is 0 Å². The summed E-state index contributed by atoms with van der Waals surface area (Å²) in [6.45, 7) is 9.01. The molecule has 0 spiro atoms. The number of unbranched alkanes of at least 4 members (excludes halogenated alkanes) is 32. The van der Waals surface area contributed by atoms with Crippen molar-refractivity contribution >= 4 is 17.9 Å². The average Bonchev–Trinajstić information content (AvgIpc) is 3.18. The van der Waals surface area contributed by atoms with E-state index in [-0.39, 0.29) is 31.1 Å². The highest BCUT2D eigenvalue weighted by molar-refractivity contribution is 5.71. The zero-order valence-corrected chi connectivity index (χ0v) is 38.1. The fourth-order valence-electron chi connectivity index (χ4n) is 7.51. The number of hydrogen-bond acceptors (Lipinski definition) is 6. The van der Waals surface area contributed by atoms with Crippen LogP contribution >= 0.6 is 0 Å². The maximum Gasteiger partial charge on any atom is 0.306 e. The van der Waals surface area contributed by atoms with Gasteiger partial charge in [-0.05, 0) is 25.2 Å². The third-order valence-corrected chi connectivity index (χ3v) is 11.3. The highest BCUT2D eigenvalue weighted by Crippen LogP contribution is 2.17. The first-order valence-corrected chi connectivity index (χ1v) is 24.9. The second kappa shape index (κ2) is 44.5. The molecular weight excluding hydrogens is 697 g/mol. The molecule has 0 aromatic rings. The topological polar surface area (TPSA) is 78.9 Å². The van der Waals surface area contributed by atoms with Crippen LogP contribution in [-0.2, 0) is 28.6 Å². The molecule has 6 nitrogen and oxygen atoms in total. The Bertz CT molecular complexity index is 841. The van der Waals surface area contributed by atoms with Crippen molar-refractivity contribution in [3.05, 3.63) is 0 Å². The SMILES string of the molecule is CCCCCCCCCCCCCCC(=O)OC[C@@H](COC(=O)CCCCCCCCCCCC)OC(=O)CCCCCCCCCCCCCCCC(C)C. The lowest BCUT2D eigenvalue weighted by molar-refractivity contribution is -0.167. The lowest BCUT2D eigenvalue weighted by Gasteiger charge is -2.18. The van der Waals surface area contributed by atoms with Crippen molar-refractivity contribution in [2.75, 3.05) is 13.2 Å². The van der Waals surface area contributed by atoms with Crippen LogP contribution in [0.1, 0.15) is 278 Å². The van der Waals surface area contributed by atoms with E-state index in [4.69, 9.17) is 14.2 Å². The number of carbonyl (C=O) groups excluding carboxylic acids is 3. The summed E-state index contributed by atoms with van der Waals surface area (Å²) in [6.07, 6.45) is 45.1. The summed E-state index contributed by atoms with van der Waals surface area (Å²) in [5.74, 6) is -0.0102. The summed E-state index contributed by atoms with van der Waals surface area (Å²) < 4.78 is 16.8. The molecule has 1 atom stereocenters. The van der Waals surface area contributed by atoms with Crippen LogP contribution in [0.2, 0.25) is 0 Å². The summed E-state index contributed by atoms with van der Waals surface area (Å²) in [5, 5.41) is 0. The van der Waals surface area contributed by atoms with Crippen LogP contribution in [0.3, 0.4) is 0 Å². The smallest absolute Gasteiger partial charge is 0.306 e. The van der Waals surface area contributed by atoms with Gasteiger partial charge in [-0.25, -0.2) is 0 Å². The summed E-state index contributed by atoms with van der Waals surface area (Å²) in [5.41, 5.74) is 0. The van der Waals surface area contributed by atoms with E-state index in [0.717, 1.165) is 63.7 Å². The minimum Gasteiger partial charge on any atom is -0.462 e. The van der Waals surface area contributed by atoms with Gasteiger partial charge < -0.3 is 14.2 Å². The number of rotatable bonds is 45. The third-order valence-electron chi connectivity index (χ3n) is 11.3. The first-order valence-electron chi connectivity index (χ1n) is 24.9. The second-order valence-electron chi connectivity index (χ2n) is 17.6. The van der Waals surface area contributed by atoms with Crippen molar-refractivity contribution in [1.82, 2.24) is 0 Å². The molecule has 332 valence electrons. The lowest BCUT2D eigenvalue weighted by atomic mass is 10.0. The Morgan fingerprint density at radius 1 is 0.339 bits per heavy atom. The van der Waals surface area contributed by atoms with Gasteiger partial charge in [0.1, 0.15) is 13.2 Å². The molecule has 0 heterocycles. The van der Waals surface area contributed by atoms with E-state index in [1.807, 2.05) is 0 Å². The molecule has 0 fully saturated rings. The summed E-state index contributed by atoms with van der Waals surface area (Å²) in [6, 6.07) is 0. The van der Waals surface area contributed by atoms with Crippen molar-refractivity contribution in [2.45, 2.75) is 284 Å². The van der Waals surface area contributed by atoms with Gasteiger partial charge in [0.05, 0.1) is 0 Å². The molecule has 0 amide bonds. The van der Waals surface area contributed by atoms with Crippen LogP contribution in [0, 0.1) is 5.92 Å². The van der Waals surface area contributed by atoms with Gasteiger partial charge in [0.15, 0.2) is 6.10 Å². The first-order chi connectivity index (χ1) is 27.4. The van der Waals surface area contributed by atoms with Gasteiger partial charge in [0, 0.05) is 19.3 Å². The standard InChI is InChI=1S/C50H96O6/c1-5-7-9-11-13-15-17-22-26-30-34-38-42-49(52)55-45-47(44-54-48(51)41-37-33-29-25-16-14-12-10-8-6-2)56-50(53)43-39-35-31-27-23-20-18-19-21-24-28-32-36-40-46(3)4/h46-47H,5-45H2,1-4H3/t47-/m1/s1. The van der Waals surface area contributed by atoms with Gasteiger partial charge in [0.2, 0.25) is 0 Å². The first kappa shape index (κ1) is 54.4. The maximum absolute atomic E-state index is 12.8. The van der Waals surface area contributed by atoms with E-state index >= 15 is 0 Å². The zero-order chi connectivity index (χ0) is 41.0. The molecule has 6 heteroatoms. The monoisotopic (exact) mass is 793 g/mol. The Hall–Kier alpha value is -1.59. The van der Waals surface area contributed by atoms with Crippen LogP contribution in [0.4, 0.5) is 0 Å². The summed E-state index contributed by atoms with van der Waals surface area (Å²) >= 11 is 0. The number of esters is 3. The molecule has 0 rings (SSSR count). The van der Waals surface area contributed by atoms with Gasteiger partial charge in [0.25, 0.3) is 0 Å². The Labute approximate surface area is 348 Å². The predicted octanol–water partition coefficient (Wildman–Crippen LogP) is 15.9. The van der Waals surface area contributed by atoms with E-state index in [9.17, 15) is 14.4 Å². The molecule has 0 saturated carbocycles. The Balaban J connectivity index is 4.29. The van der Waals surface area contributed by atoms with E-state index in [1.54, 1.807) is 0 Å². The van der Waals surface area contributed by atoms with Crippen molar-refractivity contribution in [3.8, 4) is 0 Å². The minimum absolute atomic E-state index is 0.0630. The number of carbonyl (C=O) groups is 3. The normalized spacial score (nSPS) is 11.9. The second-order valence-corrected chi connectivity index (χ2v) is 17.6. The number of ether oxygens (including phenoxy) is 3. The molecule has 0 unspecified atom stereocenters. The molecule has 0 aliphatic heterocycles. The van der Waals surface area contributed by atoms with Crippen molar-refractivity contribution in [2.24, 2.45) is 5.92 Å².